The maximum atomic E-state index is 9.66. The molecular weight excluding hydrogens is 414 g/mol. The molecule has 4 N–H and O–H groups in total. The van der Waals surface area contributed by atoms with Crippen molar-refractivity contribution in [3.05, 3.63) is 54.0 Å². The zero-order valence-electron chi connectivity index (χ0n) is 19.1. The quantitative estimate of drug-likeness (QED) is 0.379. The van der Waals surface area contributed by atoms with E-state index in [1.807, 2.05) is 30.5 Å². The molecular formula is C25H31N7O. The summed E-state index contributed by atoms with van der Waals surface area (Å²) in [6.45, 7) is 5.07. The summed E-state index contributed by atoms with van der Waals surface area (Å²) in [5.41, 5.74) is 4.20. The largest absolute Gasteiger partial charge is 0.393 e. The third-order valence-corrected chi connectivity index (χ3v) is 6.11. The molecule has 0 saturated heterocycles. The fourth-order valence-corrected chi connectivity index (χ4v) is 4.02. The zero-order valence-corrected chi connectivity index (χ0v) is 19.1. The molecule has 4 rings (SSSR count). The van der Waals surface area contributed by atoms with Crippen LogP contribution in [0.25, 0.3) is 16.6 Å². The van der Waals surface area contributed by atoms with Crippen LogP contribution in [0.15, 0.2) is 42.9 Å². The smallest absolute Gasteiger partial charge is 0.154 e. The molecule has 0 unspecified atom stereocenters. The van der Waals surface area contributed by atoms with Gasteiger partial charge >= 0.3 is 0 Å². The molecule has 172 valence electrons. The standard InChI is InChI=1S/C25H31N7O/c1-16(2)18-10-25(32-29-15-18)31-24-8-7-22-23(30-24)9-19(14-28-22)20(11-26)13-27-12-17-3-5-21(33)6-4-17/h7-11,13-17,21,26-27,33H,3-6,12H2,1-2H3,(H,30,31,32)/b20-13+,26-11?/t17-,21-. The first-order chi connectivity index (χ1) is 16.0. The van der Waals surface area contributed by atoms with E-state index < -0.39 is 0 Å². The predicted molar refractivity (Wildman–Crippen MR) is 132 cm³/mol. The fraction of sp³-hybridized carbons (Fsp3) is 0.400. The number of allylic oxidation sites excluding steroid dienone is 1. The molecule has 0 aromatic carbocycles. The molecule has 0 aliphatic heterocycles. The van der Waals surface area contributed by atoms with Crippen molar-refractivity contribution in [1.29, 1.82) is 5.41 Å². The van der Waals surface area contributed by atoms with Gasteiger partial charge in [0.1, 0.15) is 5.82 Å². The second-order valence-electron chi connectivity index (χ2n) is 8.94. The molecule has 33 heavy (non-hydrogen) atoms. The molecule has 3 heterocycles. The second kappa shape index (κ2) is 10.5. The lowest BCUT2D eigenvalue weighted by atomic mass is 9.87. The highest BCUT2D eigenvalue weighted by Gasteiger charge is 2.18. The molecule has 0 amide bonds. The van der Waals surface area contributed by atoms with E-state index in [2.05, 4.69) is 39.7 Å². The Balaban J connectivity index is 1.48. The third kappa shape index (κ3) is 5.90. The summed E-state index contributed by atoms with van der Waals surface area (Å²) in [6, 6.07) is 7.71. The van der Waals surface area contributed by atoms with Gasteiger partial charge in [-0.15, -0.1) is 5.10 Å². The molecule has 0 atom stereocenters. The van der Waals surface area contributed by atoms with Crippen molar-refractivity contribution >= 4 is 34.5 Å². The van der Waals surface area contributed by atoms with Crippen molar-refractivity contribution in [2.24, 2.45) is 5.92 Å². The van der Waals surface area contributed by atoms with Crippen LogP contribution in [0.3, 0.4) is 0 Å². The summed E-state index contributed by atoms with van der Waals surface area (Å²) in [4.78, 5) is 9.22. The van der Waals surface area contributed by atoms with Gasteiger partial charge in [-0.05, 0) is 67.3 Å². The van der Waals surface area contributed by atoms with Gasteiger partial charge in [-0.1, -0.05) is 13.8 Å². The molecule has 3 aromatic heterocycles. The molecule has 1 fully saturated rings. The molecule has 0 spiro atoms. The van der Waals surface area contributed by atoms with E-state index in [0.29, 0.717) is 23.5 Å². The van der Waals surface area contributed by atoms with Crippen LogP contribution in [0.1, 0.15) is 56.6 Å². The van der Waals surface area contributed by atoms with Gasteiger partial charge in [0, 0.05) is 36.3 Å². The first-order valence-electron chi connectivity index (χ1n) is 11.5. The van der Waals surface area contributed by atoms with Crippen molar-refractivity contribution in [3.8, 4) is 0 Å². The van der Waals surface area contributed by atoms with Crippen LogP contribution < -0.4 is 10.6 Å². The van der Waals surface area contributed by atoms with Crippen molar-refractivity contribution in [2.75, 3.05) is 11.9 Å². The maximum absolute atomic E-state index is 9.66. The molecule has 1 saturated carbocycles. The van der Waals surface area contributed by atoms with Crippen molar-refractivity contribution < 1.29 is 5.11 Å². The van der Waals surface area contributed by atoms with Crippen LogP contribution in [0, 0.1) is 11.3 Å². The van der Waals surface area contributed by atoms with Crippen LogP contribution in [-0.4, -0.2) is 44.1 Å². The summed E-state index contributed by atoms with van der Waals surface area (Å²) in [6.07, 6.45) is 10.4. The van der Waals surface area contributed by atoms with Crippen molar-refractivity contribution in [3.63, 3.8) is 0 Å². The van der Waals surface area contributed by atoms with Crippen LogP contribution in [0.4, 0.5) is 11.6 Å². The average Bonchev–Trinajstić information content (AvgIpc) is 2.83. The Morgan fingerprint density at radius 1 is 1.12 bits per heavy atom. The minimum atomic E-state index is -0.143. The summed E-state index contributed by atoms with van der Waals surface area (Å²) in [7, 11) is 0. The Morgan fingerprint density at radius 2 is 1.94 bits per heavy atom. The van der Waals surface area contributed by atoms with Crippen LogP contribution in [-0.2, 0) is 0 Å². The number of rotatable bonds is 8. The third-order valence-electron chi connectivity index (χ3n) is 6.11. The monoisotopic (exact) mass is 445 g/mol. The number of nitrogens with zero attached hydrogens (tertiary/aromatic N) is 4. The number of aliphatic hydroxyl groups is 1. The van der Waals surface area contributed by atoms with Crippen LogP contribution >= 0.6 is 0 Å². The summed E-state index contributed by atoms with van der Waals surface area (Å²) in [5, 5.41) is 32.3. The summed E-state index contributed by atoms with van der Waals surface area (Å²) < 4.78 is 0. The minimum absolute atomic E-state index is 0.143. The highest BCUT2D eigenvalue weighted by Crippen LogP contribution is 2.24. The van der Waals surface area contributed by atoms with Gasteiger partial charge < -0.3 is 21.1 Å². The van der Waals surface area contributed by atoms with Gasteiger partial charge in [-0.25, -0.2) is 4.98 Å². The van der Waals surface area contributed by atoms with Gasteiger partial charge in [-0.2, -0.15) is 5.10 Å². The van der Waals surface area contributed by atoms with Gasteiger partial charge in [0.2, 0.25) is 0 Å². The van der Waals surface area contributed by atoms with E-state index in [9.17, 15) is 5.11 Å². The minimum Gasteiger partial charge on any atom is -0.393 e. The Morgan fingerprint density at radius 3 is 2.70 bits per heavy atom. The number of pyridine rings is 2. The molecule has 3 aromatic rings. The SMILES string of the molecule is CC(C)c1cnnc(Nc2ccc3ncc(/C(C=N)=C/NC[C@H]4CC[C@H](O)CC4)cc3n2)c1. The van der Waals surface area contributed by atoms with E-state index in [1.165, 1.54) is 6.21 Å². The Kier molecular flexibility index (Phi) is 7.24. The molecule has 8 heteroatoms. The fourth-order valence-electron chi connectivity index (χ4n) is 4.02. The lowest BCUT2D eigenvalue weighted by molar-refractivity contribution is 0.109. The molecule has 1 aliphatic rings. The van der Waals surface area contributed by atoms with Gasteiger partial charge in [0.05, 0.1) is 23.3 Å². The van der Waals surface area contributed by atoms with Gasteiger partial charge in [-0.3, -0.25) is 4.98 Å². The number of aromatic nitrogens is 4. The van der Waals surface area contributed by atoms with E-state index >= 15 is 0 Å². The summed E-state index contributed by atoms with van der Waals surface area (Å²) in [5.74, 6) is 2.23. The van der Waals surface area contributed by atoms with E-state index in [1.54, 1.807) is 12.4 Å². The normalized spacial score (nSPS) is 19.0. The Hall–Kier alpha value is -3.39. The second-order valence-corrected chi connectivity index (χ2v) is 8.94. The van der Waals surface area contributed by atoms with Gasteiger partial charge in [0.15, 0.2) is 5.82 Å². The van der Waals surface area contributed by atoms with E-state index in [-0.39, 0.29) is 6.10 Å². The Bertz CT molecular complexity index is 1140. The van der Waals surface area contributed by atoms with Crippen molar-refractivity contribution in [2.45, 2.75) is 51.6 Å². The van der Waals surface area contributed by atoms with Gasteiger partial charge in [0.25, 0.3) is 0 Å². The van der Waals surface area contributed by atoms with Crippen molar-refractivity contribution in [1.82, 2.24) is 25.5 Å². The summed E-state index contributed by atoms with van der Waals surface area (Å²) >= 11 is 0. The maximum Gasteiger partial charge on any atom is 0.154 e. The number of fused-ring (bicyclic) bond motifs is 1. The number of nitrogens with one attached hydrogen (secondary N) is 3. The lowest BCUT2D eigenvalue weighted by Gasteiger charge is -2.25. The molecule has 1 aliphatic carbocycles. The first kappa shape index (κ1) is 22.8. The molecule has 0 radical (unpaired) electrons. The van der Waals surface area contributed by atoms with E-state index in [0.717, 1.165) is 60.0 Å². The molecule has 0 bridgehead atoms. The van der Waals surface area contributed by atoms with Crippen LogP contribution in [0.2, 0.25) is 0 Å². The number of hydrogen-bond donors (Lipinski definition) is 4. The zero-order chi connectivity index (χ0) is 23.2. The topological polar surface area (TPSA) is 120 Å². The molecule has 8 nitrogen and oxygen atoms in total. The Labute approximate surface area is 194 Å². The predicted octanol–water partition coefficient (Wildman–Crippen LogP) is 4.42. The number of aliphatic hydroxyl groups excluding tert-OH is 1. The average molecular weight is 446 g/mol. The van der Waals surface area contributed by atoms with Crippen LogP contribution in [0.5, 0.6) is 0 Å². The lowest BCUT2D eigenvalue weighted by Crippen LogP contribution is -2.25. The van der Waals surface area contributed by atoms with E-state index in [4.69, 9.17) is 10.4 Å². The number of anilines is 2. The highest BCUT2D eigenvalue weighted by atomic mass is 16.3. The number of hydrogen-bond acceptors (Lipinski definition) is 8. The highest BCUT2D eigenvalue weighted by molar-refractivity contribution is 6.08. The first-order valence-corrected chi connectivity index (χ1v) is 11.5.